The van der Waals surface area contributed by atoms with Crippen molar-refractivity contribution in [1.29, 1.82) is 0 Å². The third-order valence-electron chi connectivity index (χ3n) is 6.22. The van der Waals surface area contributed by atoms with Crippen LogP contribution in [0, 0.1) is 6.92 Å². The van der Waals surface area contributed by atoms with Gasteiger partial charge in [-0.25, -0.2) is 9.67 Å². The highest BCUT2D eigenvalue weighted by atomic mass is 16.3. The van der Waals surface area contributed by atoms with E-state index in [1.807, 2.05) is 10.7 Å². The molecule has 29 heavy (non-hydrogen) atoms. The number of piperidine rings is 1. The summed E-state index contributed by atoms with van der Waals surface area (Å²) in [5.41, 5.74) is 3.29. The largest absolute Gasteiger partial charge is 0.392 e. The van der Waals surface area contributed by atoms with Crippen molar-refractivity contribution in [2.45, 2.75) is 44.9 Å². The molecule has 0 saturated carbocycles. The molecule has 2 aliphatic heterocycles. The van der Waals surface area contributed by atoms with Gasteiger partial charge in [-0.05, 0) is 43.9 Å². The summed E-state index contributed by atoms with van der Waals surface area (Å²) in [7, 11) is 0. The van der Waals surface area contributed by atoms with Crippen molar-refractivity contribution in [2.24, 2.45) is 0 Å². The van der Waals surface area contributed by atoms with Crippen LogP contribution in [0.25, 0.3) is 10.9 Å². The highest BCUT2D eigenvalue weighted by Crippen LogP contribution is 2.29. The van der Waals surface area contributed by atoms with E-state index in [-0.39, 0.29) is 6.10 Å². The zero-order chi connectivity index (χ0) is 19.8. The molecule has 0 bridgehead atoms. The number of likely N-dealkylation sites (tertiary alicyclic amines) is 1. The number of aliphatic hydroxyl groups excluding tert-OH is 1. The fourth-order valence-corrected chi connectivity index (χ4v) is 4.62. The molecule has 2 aromatic heterocycles. The lowest BCUT2D eigenvalue weighted by Crippen LogP contribution is -2.35. The van der Waals surface area contributed by atoms with Gasteiger partial charge in [-0.2, -0.15) is 0 Å². The van der Waals surface area contributed by atoms with Gasteiger partial charge in [-0.1, -0.05) is 23.4 Å². The molecule has 3 aromatic rings. The molecule has 1 atom stereocenters. The summed E-state index contributed by atoms with van der Waals surface area (Å²) in [4.78, 5) is 9.58. The van der Waals surface area contributed by atoms with Crippen molar-refractivity contribution in [3.05, 3.63) is 47.8 Å². The van der Waals surface area contributed by atoms with E-state index >= 15 is 0 Å². The summed E-state index contributed by atoms with van der Waals surface area (Å²) in [6, 6.07) is 10.9. The number of anilines is 1. The molecule has 4 heterocycles. The second-order valence-electron chi connectivity index (χ2n) is 8.41. The molecule has 0 radical (unpaired) electrons. The molecule has 0 unspecified atom stereocenters. The predicted molar refractivity (Wildman–Crippen MR) is 113 cm³/mol. The Hall–Kier alpha value is -2.51. The van der Waals surface area contributed by atoms with Crippen molar-refractivity contribution in [1.82, 2.24) is 24.9 Å². The second-order valence-corrected chi connectivity index (χ2v) is 8.41. The number of aryl methyl sites for hydroxylation is 1. The molecule has 2 fully saturated rings. The highest BCUT2D eigenvalue weighted by molar-refractivity contribution is 5.81. The Morgan fingerprint density at radius 2 is 1.93 bits per heavy atom. The first kappa shape index (κ1) is 18.5. The minimum atomic E-state index is -0.193. The first-order valence-corrected chi connectivity index (χ1v) is 10.6. The second kappa shape index (κ2) is 7.72. The van der Waals surface area contributed by atoms with Gasteiger partial charge in [0.05, 0.1) is 29.6 Å². The van der Waals surface area contributed by atoms with Crippen LogP contribution < -0.4 is 4.90 Å². The van der Waals surface area contributed by atoms with E-state index in [2.05, 4.69) is 57.5 Å². The molecular weight excluding hydrogens is 364 g/mol. The number of para-hydroxylation sites is 1. The molecular formula is C22H28N6O. The number of hydrogen-bond acceptors (Lipinski definition) is 6. The van der Waals surface area contributed by atoms with Crippen molar-refractivity contribution >= 4 is 16.7 Å². The lowest BCUT2D eigenvalue weighted by atomic mass is 10.0. The van der Waals surface area contributed by atoms with Crippen molar-refractivity contribution in [3.8, 4) is 0 Å². The summed E-state index contributed by atoms with van der Waals surface area (Å²) >= 11 is 0. The van der Waals surface area contributed by atoms with Gasteiger partial charge in [0, 0.05) is 38.1 Å². The van der Waals surface area contributed by atoms with Gasteiger partial charge in [0.1, 0.15) is 5.82 Å². The molecule has 152 valence electrons. The Morgan fingerprint density at radius 1 is 1.10 bits per heavy atom. The van der Waals surface area contributed by atoms with Crippen LogP contribution in [0.2, 0.25) is 0 Å². The number of hydrogen-bond donors (Lipinski definition) is 1. The Balaban J connectivity index is 1.23. The maximum atomic E-state index is 9.69. The number of nitrogens with zero attached hydrogens (tertiary/aromatic N) is 6. The smallest absolute Gasteiger partial charge is 0.132 e. The Morgan fingerprint density at radius 3 is 2.72 bits per heavy atom. The van der Waals surface area contributed by atoms with E-state index in [0.29, 0.717) is 6.04 Å². The average Bonchev–Trinajstić information content (AvgIpc) is 3.37. The summed E-state index contributed by atoms with van der Waals surface area (Å²) in [6.45, 7) is 6.55. The van der Waals surface area contributed by atoms with Crippen LogP contribution in [-0.2, 0) is 6.54 Å². The first-order chi connectivity index (χ1) is 14.2. The van der Waals surface area contributed by atoms with Gasteiger partial charge >= 0.3 is 0 Å². The minimum absolute atomic E-state index is 0.193. The number of fused-ring (bicyclic) bond motifs is 1. The van der Waals surface area contributed by atoms with Crippen LogP contribution in [0.3, 0.4) is 0 Å². The molecule has 5 rings (SSSR count). The quantitative estimate of drug-likeness (QED) is 0.736. The molecule has 7 heteroatoms. The zero-order valence-corrected chi connectivity index (χ0v) is 16.9. The monoisotopic (exact) mass is 392 g/mol. The van der Waals surface area contributed by atoms with Crippen molar-refractivity contribution in [3.63, 3.8) is 0 Å². The number of benzene rings is 1. The SMILES string of the molecule is Cc1cc2ccccc2nc1N1CCC(n2cc(CN3CC[C@@H](O)C3)nn2)CC1. The van der Waals surface area contributed by atoms with Crippen LogP contribution in [0.1, 0.15) is 36.6 Å². The number of aromatic nitrogens is 4. The van der Waals surface area contributed by atoms with Gasteiger partial charge in [-0.15, -0.1) is 5.10 Å². The van der Waals surface area contributed by atoms with Gasteiger partial charge < -0.3 is 10.0 Å². The molecule has 7 nitrogen and oxygen atoms in total. The molecule has 2 aliphatic rings. The Bertz CT molecular complexity index is 994. The van der Waals surface area contributed by atoms with Crippen LogP contribution in [0.15, 0.2) is 36.5 Å². The number of rotatable bonds is 4. The first-order valence-electron chi connectivity index (χ1n) is 10.6. The van der Waals surface area contributed by atoms with Crippen molar-refractivity contribution in [2.75, 3.05) is 31.1 Å². The maximum Gasteiger partial charge on any atom is 0.132 e. The van der Waals surface area contributed by atoms with E-state index in [1.165, 1.54) is 10.9 Å². The molecule has 2 saturated heterocycles. The third kappa shape index (κ3) is 3.84. The topological polar surface area (TPSA) is 70.3 Å². The van der Waals surface area contributed by atoms with E-state index in [0.717, 1.165) is 69.0 Å². The number of β-amino-alcohol motifs (C(OH)–C–C–N with tert-alkyl or cyclic N) is 1. The average molecular weight is 393 g/mol. The van der Waals surface area contributed by atoms with Gasteiger partial charge in [0.2, 0.25) is 0 Å². The number of pyridine rings is 1. The molecule has 1 N–H and O–H groups in total. The van der Waals surface area contributed by atoms with E-state index in [4.69, 9.17) is 4.98 Å². The van der Waals surface area contributed by atoms with E-state index < -0.39 is 0 Å². The number of aliphatic hydroxyl groups is 1. The standard InChI is InChI=1S/C22H28N6O/c1-16-12-17-4-2-3-5-21(17)23-22(16)27-10-6-19(7-11-27)28-14-18(24-25-28)13-26-9-8-20(29)15-26/h2-5,12,14,19-20,29H,6-11,13,15H2,1H3/t20-/m1/s1. The fourth-order valence-electron chi connectivity index (χ4n) is 4.62. The van der Waals surface area contributed by atoms with Crippen LogP contribution in [0.5, 0.6) is 0 Å². The lowest BCUT2D eigenvalue weighted by Gasteiger charge is -2.33. The highest BCUT2D eigenvalue weighted by Gasteiger charge is 2.25. The normalized spacial score (nSPS) is 21.3. The van der Waals surface area contributed by atoms with Gasteiger partial charge in [0.25, 0.3) is 0 Å². The summed E-state index contributed by atoms with van der Waals surface area (Å²) in [5, 5.41) is 19.7. The lowest BCUT2D eigenvalue weighted by molar-refractivity contribution is 0.174. The minimum Gasteiger partial charge on any atom is -0.392 e. The summed E-state index contributed by atoms with van der Waals surface area (Å²) < 4.78 is 2.04. The molecule has 0 spiro atoms. The van der Waals surface area contributed by atoms with Gasteiger partial charge in [-0.3, -0.25) is 4.90 Å². The van der Waals surface area contributed by atoms with E-state index in [1.54, 1.807) is 0 Å². The predicted octanol–water partition coefficient (Wildman–Crippen LogP) is 2.54. The van der Waals surface area contributed by atoms with Gasteiger partial charge in [0.15, 0.2) is 0 Å². The van der Waals surface area contributed by atoms with E-state index in [9.17, 15) is 5.11 Å². The van der Waals surface area contributed by atoms with Crippen molar-refractivity contribution < 1.29 is 5.11 Å². The van der Waals surface area contributed by atoms with Crippen LogP contribution in [0.4, 0.5) is 5.82 Å². The molecule has 0 aliphatic carbocycles. The van der Waals surface area contributed by atoms with Crippen LogP contribution >= 0.6 is 0 Å². The zero-order valence-electron chi connectivity index (χ0n) is 16.9. The Kier molecular flexibility index (Phi) is 4.93. The maximum absolute atomic E-state index is 9.69. The Labute approximate surface area is 171 Å². The fraction of sp³-hybridized carbons (Fsp3) is 0.500. The molecule has 0 amide bonds. The summed E-state index contributed by atoms with van der Waals surface area (Å²) in [6.07, 6.45) is 4.83. The summed E-state index contributed by atoms with van der Waals surface area (Å²) in [5.74, 6) is 1.11. The van der Waals surface area contributed by atoms with Crippen LogP contribution in [-0.4, -0.2) is 62.3 Å². The third-order valence-corrected chi connectivity index (χ3v) is 6.22. The molecule has 1 aromatic carbocycles.